The lowest BCUT2D eigenvalue weighted by molar-refractivity contribution is -0.117. The average Bonchev–Trinajstić information content (AvgIpc) is 2.70. The van der Waals surface area contributed by atoms with Gasteiger partial charge in [0.1, 0.15) is 0 Å². The topological polar surface area (TPSA) is 76.0 Å². The van der Waals surface area contributed by atoms with Crippen LogP contribution in [-0.4, -0.2) is 32.8 Å². The van der Waals surface area contributed by atoms with Crippen LogP contribution in [0.4, 0.5) is 4.79 Å². The molecule has 1 aromatic heterocycles. The number of rotatable bonds is 4. The molecule has 0 fully saturated rings. The van der Waals surface area contributed by atoms with E-state index >= 15 is 0 Å². The number of imidazole rings is 1. The van der Waals surface area contributed by atoms with Crippen LogP contribution < -0.4 is 10.6 Å². The highest BCUT2D eigenvalue weighted by atomic mass is 32.2. The molecular weight excluding hydrogens is 264 g/mol. The smallest absolute Gasteiger partial charge is 0.321 e. The standard InChI is InChI=1S/C12H20N4O2S/c1-5-16-7-6-13-11(16)19-8-9(17)14-10(18)15-12(2,3)4/h6-7H,5,8H2,1-4H3,(H2,14,15,17,18). The lowest BCUT2D eigenvalue weighted by Gasteiger charge is -2.20. The summed E-state index contributed by atoms with van der Waals surface area (Å²) in [4.78, 5) is 27.2. The Labute approximate surface area is 117 Å². The zero-order chi connectivity index (χ0) is 14.5. The fourth-order valence-electron chi connectivity index (χ4n) is 1.34. The maximum Gasteiger partial charge on any atom is 0.321 e. The van der Waals surface area contributed by atoms with Crippen molar-refractivity contribution in [3.05, 3.63) is 12.4 Å². The monoisotopic (exact) mass is 284 g/mol. The van der Waals surface area contributed by atoms with Crippen molar-refractivity contribution >= 4 is 23.7 Å². The molecular formula is C12H20N4O2S. The largest absolute Gasteiger partial charge is 0.333 e. The lowest BCUT2D eigenvalue weighted by atomic mass is 10.1. The fourth-order valence-corrected chi connectivity index (χ4v) is 2.16. The third kappa shape index (κ3) is 5.78. The van der Waals surface area contributed by atoms with E-state index in [1.807, 2.05) is 38.5 Å². The van der Waals surface area contributed by atoms with Crippen LogP contribution in [-0.2, 0) is 11.3 Å². The number of aryl methyl sites for hydroxylation is 1. The Balaban J connectivity index is 2.38. The summed E-state index contributed by atoms with van der Waals surface area (Å²) >= 11 is 1.31. The molecule has 1 aromatic rings. The van der Waals surface area contributed by atoms with E-state index in [2.05, 4.69) is 15.6 Å². The first-order valence-corrected chi connectivity index (χ1v) is 7.06. The van der Waals surface area contributed by atoms with Crippen molar-refractivity contribution in [2.45, 2.75) is 44.9 Å². The van der Waals surface area contributed by atoms with E-state index in [-0.39, 0.29) is 17.2 Å². The van der Waals surface area contributed by atoms with Crippen molar-refractivity contribution in [3.8, 4) is 0 Å². The van der Waals surface area contributed by atoms with Gasteiger partial charge in [0.05, 0.1) is 5.75 Å². The van der Waals surface area contributed by atoms with Crippen molar-refractivity contribution in [3.63, 3.8) is 0 Å². The number of carbonyl (C=O) groups is 2. The summed E-state index contributed by atoms with van der Waals surface area (Å²) in [5, 5.41) is 5.73. The number of hydrogen-bond acceptors (Lipinski definition) is 4. The Kier molecular flexibility index (Phi) is 5.41. The van der Waals surface area contributed by atoms with Crippen LogP contribution in [0.25, 0.3) is 0 Å². The number of hydrogen-bond donors (Lipinski definition) is 2. The van der Waals surface area contributed by atoms with Gasteiger partial charge < -0.3 is 9.88 Å². The van der Waals surface area contributed by atoms with Crippen molar-refractivity contribution < 1.29 is 9.59 Å². The van der Waals surface area contributed by atoms with Crippen molar-refractivity contribution in [1.29, 1.82) is 0 Å². The molecule has 0 aliphatic carbocycles. The van der Waals surface area contributed by atoms with Gasteiger partial charge in [0.25, 0.3) is 0 Å². The quantitative estimate of drug-likeness (QED) is 0.824. The summed E-state index contributed by atoms with van der Waals surface area (Å²) in [6, 6.07) is -0.475. The maximum atomic E-state index is 11.6. The molecule has 1 rings (SSSR count). The highest BCUT2D eigenvalue weighted by molar-refractivity contribution is 7.99. The molecule has 2 N–H and O–H groups in total. The van der Waals surface area contributed by atoms with Crippen molar-refractivity contribution in [1.82, 2.24) is 20.2 Å². The lowest BCUT2D eigenvalue weighted by Crippen LogP contribution is -2.48. The SMILES string of the molecule is CCn1ccnc1SCC(=O)NC(=O)NC(C)(C)C. The Bertz CT molecular complexity index is 451. The number of nitrogens with zero attached hydrogens (tertiary/aromatic N) is 2. The number of carbonyl (C=O) groups excluding carboxylic acids is 2. The summed E-state index contributed by atoms with van der Waals surface area (Å²) in [6.07, 6.45) is 3.54. The Morgan fingerprint density at radius 1 is 1.42 bits per heavy atom. The van der Waals surface area contributed by atoms with Gasteiger partial charge in [-0.15, -0.1) is 0 Å². The van der Waals surface area contributed by atoms with E-state index in [4.69, 9.17) is 0 Å². The molecule has 0 bridgehead atoms. The summed E-state index contributed by atoms with van der Waals surface area (Å²) in [7, 11) is 0. The van der Waals surface area contributed by atoms with Gasteiger partial charge in [-0.25, -0.2) is 9.78 Å². The van der Waals surface area contributed by atoms with Crippen LogP contribution in [0.3, 0.4) is 0 Å². The summed E-state index contributed by atoms with van der Waals surface area (Å²) in [6.45, 7) is 8.36. The predicted octanol–water partition coefficient (Wildman–Crippen LogP) is 1.62. The van der Waals surface area contributed by atoms with E-state index in [0.717, 1.165) is 11.7 Å². The summed E-state index contributed by atoms with van der Waals surface area (Å²) < 4.78 is 1.94. The molecule has 0 aliphatic heterocycles. The van der Waals surface area contributed by atoms with Crippen LogP contribution in [0.2, 0.25) is 0 Å². The fraction of sp³-hybridized carbons (Fsp3) is 0.583. The molecule has 0 saturated carbocycles. The van der Waals surface area contributed by atoms with Crippen LogP contribution in [0.15, 0.2) is 17.6 Å². The first-order chi connectivity index (χ1) is 8.81. The molecule has 0 aliphatic rings. The highest BCUT2D eigenvalue weighted by Crippen LogP contribution is 2.14. The Morgan fingerprint density at radius 2 is 2.11 bits per heavy atom. The van der Waals surface area contributed by atoms with Gasteiger partial charge in [0.2, 0.25) is 5.91 Å². The van der Waals surface area contributed by atoms with E-state index in [0.29, 0.717) is 0 Å². The number of aromatic nitrogens is 2. The van der Waals surface area contributed by atoms with Gasteiger partial charge in [0.15, 0.2) is 5.16 Å². The zero-order valence-electron chi connectivity index (χ0n) is 11.7. The predicted molar refractivity (Wildman–Crippen MR) is 75.1 cm³/mol. The summed E-state index contributed by atoms with van der Waals surface area (Å²) in [5.41, 5.74) is -0.365. The molecule has 1 heterocycles. The molecule has 6 nitrogen and oxygen atoms in total. The van der Waals surface area contributed by atoms with Crippen LogP contribution in [0.5, 0.6) is 0 Å². The first kappa shape index (κ1) is 15.6. The molecule has 0 radical (unpaired) electrons. The summed E-state index contributed by atoms with van der Waals surface area (Å²) in [5.74, 6) is -0.174. The van der Waals surface area contributed by atoms with E-state index in [1.54, 1.807) is 6.20 Å². The molecule has 106 valence electrons. The number of imide groups is 1. The van der Waals surface area contributed by atoms with Crippen LogP contribution in [0.1, 0.15) is 27.7 Å². The molecule has 0 spiro atoms. The minimum Gasteiger partial charge on any atom is -0.333 e. The minimum atomic E-state index is -0.475. The Hall–Kier alpha value is -1.50. The zero-order valence-corrected chi connectivity index (χ0v) is 12.5. The molecule has 0 saturated heterocycles. The molecule has 0 unspecified atom stereocenters. The van der Waals surface area contributed by atoms with Gasteiger partial charge >= 0.3 is 6.03 Å². The van der Waals surface area contributed by atoms with Gasteiger partial charge in [-0.2, -0.15) is 0 Å². The average molecular weight is 284 g/mol. The van der Waals surface area contributed by atoms with Crippen molar-refractivity contribution in [2.24, 2.45) is 0 Å². The second-order valence-electron chi connectivity index (χ2n) is 5.04. The molecule has 3 amide bonds. The van der Waals surface area contributed by atoms with Gasteiger partial charge in [-0.3, -0.25) is 10.1 Å². The highest BCUT2D eigenvalue weighted by Gasteiger charge is 2.16. The van der Waals surface area contributed by atoms with E-state index in [9.17, 15) is 9.59 Å². The van der Waals surface area contributed by atoms with Gasteiger partial charge in [-0.05, 0) is 27.7 Å². The molecule has 19 heavy (non-hydrogen) atoms. The second-order valence-corrected chi connectivity index (χ2v) is 5.98. The number of thioether (sulfide) groups is 1. The number of urea groups is 1. The van der Waals surface area contributed by atoms with E-state index in [1.165, 1.54) is 11.8 Å². The number of nitrogens with one attached hydrogen (secondary N) is 2. The van der Waals surface area contributed by atoms with E-state index < -0.39 is 6.03 Å². The van der Waals surface area contributed by atoms with Gasteiger partial charge in [-0.1, -0.05) is 11.8 Å². The Morgan fingerprint density at radius 3 is 2.68 bits per heavy atom. The second kappa shape index (κ2) is 6.60. The normalized spacial score (nSPS) is 11.2. The maximum absolute atomic E-state index is 11.6. The van der Waals surface area contributed by atoms with Crippen LogP contribution in [0, 0.1) is 0 Å². The van der Waals surface area contributed by atoms with Gasteiger partial charge in [0, 0.05) is 24.5 Å². The molecule has 0 aromatic carbocycles. The third-order valence-electron chi connectivity index (χ3n) is 2.09. The molecule has 7 heteroatoms. The minimum absolute atomic E-state index is 0.161. The number of amides is 3. The van der Waals surface area contributed by atoms with Crippen molar-refractivity contribution in [2.75, 3.05) is 5.75 Å². The van der Waals surface area contributed by atoms with Crippen LogP contribution >= 0.6 is 11.8 Å². The first-order valence-electron chi connectivity index (χ1n) is 6.07. The molecule has 0 atom stereocenters. The third-order valence-corrected chi connectivity index (χ3v) is 3.10.